The number of ether oxygens (including phenoxy) is 2. The van der Waals surface area contributed by atoms with Gasteiger partial charge in [0.1, 0.15) is 17.2 Å². The number of nitrogens with zero attached hydrogens (tertiary/aromatic N) is 5. The van der Waals surface area contributed by atoms with Crippen molar-refractivity contribution in [2.45, 2.75) is 13.5 Å². The van der Waals surface area contributed by atoms with E-state index in [9.17, 15) is 9.18 Å². The SMILES string of the molecule is COC(=O)c1ccc(Cn2c(-c3cncc(F)c3)nc3c(C)nc(OC)nc32)cc1. The van der Waals surface area contributed by atoms with Gasteiger partial charge in [0.25, 0.3) is 0 Å². The van der Waals surface area contributed by atoms with Gasteiger partial charge in [0.05, 0.1) is 38.2 Å². The number of aromatic nitrogens is 5. The van der Waals surface area contributed by atoms with Crippen LogP contribution in [0.15, 0.2) is 42.7 Å². The molecule has 0 aliphatic heterocycles. The molecule has 0 aliphatic rings. The Morgan fingerprint density at radius 3 is 2.53 bits per heavy atom. The highest BCUT2D eigenvalue weighted by Gasteiger charge is 2.19. The second-order valence-corrected chi connectivity index (χ2v) is 6.57. The van der Waals surface area contributed by atoms with E-state index in [4.69, 9.17) is 9.47 Å². The molecule has 0 radical (unpaired) electrons. The lowest BCUT2D eigenvalue weighted by Crippen LogP contribution is -2.06. The number of imidazole rings is 1. The Kier molecular flexibility index (Phi) is 5.09. The largest absolute Gasteiger partial charge is 0.467 e. The van der Waals surface area contributed by atoms with Crippen LogP contribution in [0.2, 0.25) is 0 Å². The maximum Gasteiger partial charge on any atom is 0.337 e. The lowest BCUT2D eigenvalue weighted by atomic mass is 10.1. The summed E-state index contributed by atoms with van der Waals surface area (Å²) in [6.07, 6.45) is 2.68. The van der Waals surface area contributed by atoms with E-state index < -0.39 is 11.8 Å². The highest BCUT2D eigenvalue weighted by Crippen LogP contribution is 2.27. The number of benzene rings is 1. The third-order valence-electron chi connectivity index (χ3n) is 4.61. The molecule has 0 atom stereocenters. The number of pyridine rings is 1. The first-order valence-electron chi connectivity index (χ1n) is 9.07. The van der Waals surface area contributed by atoms with Crippen LogP contribution in [-0.2, 0) is 11.3 Å². The Hall–Kier alpha value is -3.88. The van der Waals surface area contributed by atoms with Crippen molar-refractivity contribution in [3.8, 4) is 17.4 Å². The van der Waals surface area contributed by atoms with Crippen LogP contribution in [0.4, 0.5) is 4.39 Å². The Bertz CT molecular complexity index is 1240. The topological polar surface area (TPSA) is 92.0 Å². The number of rotatable bonds is 5. The number of carbonyl (C=O) groups excluding carboxylic acids is 1. The number of aryl methyl sites for hydroxylation is 1. The van der Waals surface area contributed by atoms with Gasteiger partial charge in [-0.1, -0.05) is 12.1 Å². The Morgan fingerprint density at radius 2 is 1.87 bits per heavy atom. The molecular formula is C21H18FN5O3. The number of hydrogen-bond acceptors (Lipinski definition) is 7. The van der Waals surface area contributed by atoms with Gasteiger partial charge < -0.3 is 14.0 Å². The van der Waals surface area contributed by atoms with Crippen LogP contribution in [0.3, 0.4) is 0 Å². The van der Waals surface area contributed by atoms with Crippen molar-refractivity contribution in [1.29, 1.82) is 0 Å². The summed E-state index contributed by atoms with van der Waals surface area (Å²) < 4.78 is 25.6. The predicted molar refractivity (Wildman–Crippen MR) is 107 cm³/mol. The highest BCUT2D eigenvalue weighted by molar-refractivity contribution is 5.89. The molecule has 0 bridgehead atoms. The number of halogens is 1. The van der Waals surface area contributed by atoms with E-state index >= 15 is 0 Å². The first-order chi connectivity index (χ1) is 14.5. The molecular weight excluding hydrogens is 389 g/mol. The van der Waals surface area contributed by atoms with Gasteiger partial charge in [-0.25, -0.2) is 14.2 Å². The van der Waals surface area contributed by atoms with Crippen LogP contribution in [-0.4, -0.2) is 44.7 Å². The fourth-order valence-corrected chi connectivity index (χ4v) is 3.15. The van der Waals surface area contributed by atoms with Gasteiger partial charge in [-0.15, -0.1) is 0 Å². The van der Waals surface area contributed by atoms with Crippen molar-refractivity contribution in [3.05, 3.63) is 65.4 Å². The van der Waals surface area contributed by atoms with E-state index in [0.717, 1.165) is 11.8 Å². The standard InChI is InChI=1S/C21H18FN5O3/c1-12-17-19(26-21(24-12)30-3)27(18(25-17)15-8-16(22)10-23-9-15)11-13-4-6-14(7-5-13)20(28)29-2/h4-10H,11H2,1-3H3. The highest BCUT2D eigenvalue weighted by atomic mass is 19.1. The van der Waals surface area contributed by atoms with Crippen molar-refractivity contribution in [2.75, 3.05) is 14.2 Å². The number of methoxy groups -OCH3 is 2. The summed E-state index contributed by atoms with van der Waals surface area (Å²) in [4.78, 5) is 29.0. The molecule has 0 amide bonds. The van der Waals surface area contributed by atoms with Crippen molar-refractivity contribution in [1.82, 2.24) is 24.5 Å². The van der Waals surface area contributed by atoms with E-state index in [2.05, 4.69) is 19.9 Å². The first kappa shape index (κ1) is 19.4. The number of esters is 1. The quantitative estimate of drug-likeness (QED) is 0.469. The maximum absolute atomic E-state index is 13.8. The predicted octanol–water partition coefficient (Wildman–Crippen LogP) is 3.18. The summed E-state index contributed by atoms with van der Waals surface area (Å²) in [5.41, 5.74) is 3.63. The van der Waals surface area contributed by atoms with Gasteiger partial charge in [0.2, 0.25) is 0 Å². The third-order valence-corrected chi connectivity index (χ3v) is 4.61. The summed E-state index contributed by atoms with van der Waals surface area (Å²) in [7, 11) is 2.83. The van der Waals surface area contributed by atoms with Crippen LogP contribution in [0.5, 0.6) is 6.01 Å². The zero-order valence-corrected chi connectivity index (χ0v) is 16.6. The van der Waals surface area contributed by atoms with Gasteiger partial charge in [-0.05, 0) is 30.7 Å². The van der Waals surface area contributed by atoms with E-state index in [1.54, 1.807) is 18.3 Å². The summed E-state index contributed by atoms with van der Waals surface area (Å²) in [5.74, 6) is -0.372. The zero-order chi connectivity index (χ0) is 21.3. The molecule has 30 heavy (non-hydrogen) atoms. The van der Waals surface area contributed by atoms with E-state index in [1.165, 1.54) is 20.3 Å². The van der Waals surface area contributed by atoms with E-state index in [-0.39, 0.29) is 6.01 Å². The molecule has 0 saturated carbocycles. The van der Waals surface area contributed by atoms with Gasteiger partial charge in [-0.2, -0.15) is 9.97 Å². The summed E-state index contributed by atoms with van der Waals surface area (Å²) >= 11 is 0. The minimum atomic E-state index is -0.464. The summed E-state index contributed by atoms with van der Waals surface area (Å²) in [6.45, 7) is 2.19. The molecule has 0 fully saturated rings. The lowest BCUT2D eigenvalue weighted by Gasteiger charge is -2.10. The molecule has 1 aromatic carbocycles. The molecule has 152 valence electrons. The second-order valence-electron chi connectivity index (χ2n) is 6.57. The van der Waals surface area contributed by atoms with E-state index in [1.807, 2.05) is 23.6 Å². The minimum absolute atomic E-state index is 0.214. The summed E-state index contributed by atoms with van der Waals surface area (Å²) in [6, 6.07) is 8.58. The van der Waals surface area contributed by atoms with Crippen LogP contribution in [0.1, 0.15) is 21.6 Å². The molecule has 4 rings (SSSR count). The minimum Gasteiger partial charge on any atom is -0.467 e. The molecule has 0 spiro atoms. The third kappa shape index (κ3) is 3.57. The molecule has 0 N–H and O–H groups in total. The molecule has 0 saturated heterocycles. The average molecular weight is 407 g/mol. The number of carbonyl (C=O) groups is 1. The van der Waals surface area contributed by atoms with Crippen LogP contribution >= 0.6 is 0 Å². The molecule has 8 nitrogen and oxygen atoms in total. The van der Waals surface area contributed by atoms with Crippen LogP contribution < -0.4 is 4.74 Å². The molecule has 9 heteroatoms. The van der Waals surface area contributed by atoms with Crippen molar-refractivity contribution >= 4 is 17.1 Å². The van der Waals surface area contributed by atoms with Gasteiger partial charge in [-0.3, -0.25) is 4.98 Å². The van der Waals surface area contributed by atoms with E-state index in [0.29, 0.717) is 40.4 Å². The fraction of sp³-hybridized carbons (Fsp3) is 0.190. The Morgan fingerprint density at radius 1 is 1.10 bits per heavy atom. The molecule has 0 unspecified atom stereocenters. The van der Waals surface area contributed by atoms with Crippen molar-refractivity contribution in [3.63, 3.8) is 0 Å². The van der Waals surface area contributed by atoms with Gasteiger partial charge >= 0.3 is 12.0 Å². The maximum atomic E-state index is 13.8. The second kappa shape index (κ2) is 7.86. The summed E-state index contributed by atoms with van der Waals surface area (Å²) in [5, 5.41) is 0. The Balaban J connectivity index is 1.86. The van der Waals surface area contributed by atoms with Crippen molar-refractivity contribution < 1.29 is 18.7 Å². The average Bonchev–Trinajstić information content (AvgIpc) is 3.12. The number of hydrogen-bond donors (Lipinski definition) is 0. The van der Waals surface area contributed by atoms with Gasteiger partial charge in [0, 0.05) is 11.8 Å². The first-order valence-corrected chi connectivity index (χ1v) is 9.07. The molecule has 3 heterocycles. The zero-order valence-electron chi connectivity index (χ0n) is 16.6. The van der Waals surface area contributed by atoms with Crippen molar-refractivity contribution in [2.24, 2.45) is 0 Å². The molecule has 3 aromatic heterocycles. The molecule has 0 aliphatic carbocycles. The Labute approximate surface area is 171 Å². The van der Waals surface area contributed by atoms with Crippen LogP contribution in [0.25, 0.3) is 22.6 Å². The smallest absolute Gasteiger partial charge is 0.337 e. The lowest BCUT2D eigenvalue weighted by molar-refractivity contribution is 0.0600. The van der Waals surface area contributed by atoms with Crippen LogP contribution in [0, 0.1) is 12.7 Å². The monoisotopic (exact) mass is 407 g/mol. The number of fused-ring (bicyclic) bond motifs is 1. The normalized spacial score (nSPS) is 10.9. The molecule has 4 aromatic rings. The van der Waals surface area contributed by atoms with Gasteiger partial charge in [0.15, 0.2) is 5.65 Å². The fourth-order valence-electron chi connectivity index (χ4n) is 3.15.